The summed E-state index contributed by atoms with van der Waals surface area (Å²) in [6.07, 6.45) is 3.24. The Bertz CT molecular complexity index is 142. The molecule has 0 bridgehead atoms. The lowest BCUT2D eigenvalue weighted by Gasteiger charge is -2.25. The summed E-state index contributed by atoms with van der Waals surface area (Å²) in [5.74, 6) is 0. The van der Waals surface area contributed by atoms with Gasteiger partial charge in [-0.2, -0.15) is 0 Å². The van der Waals surface area contributed by atoms with Gasteiger partial charge in [0.2, 0.25) is 0 Å². The van der Waals surface area contributed by atoms with Crippen molar-refractivity contribution in [1.29, 1.82) is 0 Å². The maximum Gasteiger partial charge on any atom is 0.0747 e. The minimum atomic E-state index is 0.609. The van der Waals surface area contributed by atoms with Gasteiger partial charge < -0.3 is 4.74 Å². The van der Waals surface area contributed by atoms with E-state index >= 15 is 0 Å². The summed E-state index contributed by atoms with van der Waals surface area (Å²) in [4.78, 5) is 2.59. The Morgan fingerprint density at radius 3 is 3.27 bits per heavy atom. The highest BCUT2D eigenvalue weighted by molar-refractivity contribution is 14.1. The molecule has 1 aliphatic heterocycles. The summed E-state index contributed by atoms with van der Waals surface area (Å²) in [6.45, 7) is 3.41. The molecule has 2 rings (SSSR count). The van der Waals surface area contributed by atoms with Gasteiger partial charge in [-0.15, -0.1) is 0 Å². The number of morpholine rings is 1. The van der Waals surface area contributed by atoms with Crippen LogP contribution in [0.25, 0.3) is 0 Å². The predicted octanol–water partition coefficient (Wildman–Crippen LogP) is 1.28. The maximum absolute atomic E-state index is 5.52. The van der Waals surface area contributed by atoms with Crippen molar-refractivity contribution < 1.29 is 4.74 Å². The topological polar surface area (TPSA) is 12.5 Å². The molecule has 0 N–H and O–H groups in total. The van der Waals surface area contributed by atoms with E-state index in [2.05, 4.69) is 27.5 Å². The Kier molecular flexibility index (Phi) is 2.69. The molecule has 1 heterocycles. The van der Waals surface area contributed by atoms with Gasteiger partial charge in [0.25, 0.3) is 0 Å². The smallest absolute Gasteiger partial charge is 0.0747 e. The zero-order valence-corrected chi connectivity index (χ0v) is 8.79. The van der Waals surface area contributed by atoms with Crippen LogP contribution in [0.5, 0.6) is 0 Å². The van der Waals surface area contributed by atoms with Crippen LogP contribution in [0.2, 0.25) is 0 Å². The molecule has 1 saturated carbocycles. The molecule has 0 aromatic heterocycles. The lowest BCUT2D eigenvalue weighted by atomic mass is 10.3. The van der Waals surface area contributed by atoms with Gasteiger partial charge >= 0.3 is 0 Å². The fourth-order valence-corrected chi connectivity index (χ4v) is 2.09. The molecule has 3 heteroatoms. The highest BCUT2D eigenvalue weighted by Crippen LogP contribution is 2.34. The van der Waals surface area contributed by atoms with E-state index in [-0.39, 0.29) is 0 Å². The van der Waals surface area contributed by atoms with E-state index in [9.17, 15) is 0 Å². The zero-order valence-electron chi connectivity index (χ0n) is 6.63. The van der Waals surface area contributed by atoms with Crippen LogP contribution in [0, 0.1) is 0 Å². The summed E-state index contributed by atoms with van der Waals surface area (Å²) in [5, 5.41) is 0. The third kappa shape index (κ3) is 1.87. The van der Waals surface area contributed by atoms with Gasteiger partial charge in [-0.1, -0.05) is 22.6 Å². The molecular weight excluding hydrogens is 253 g/mol. The van der Waals surface area contributed by atoms with Crippen LogP contribution < -0.4 is 0 Å². The van der Waals surface area contributed by atoms with Crippen molar-refractivity contribution in [3.8, 4) is 0 Å². The number of fused-ring (bicyclic) bond motifs is 1. The SMILES string of the molecule is ICCCN1CCOC2CC21. The molecule has 2 unspecified atom stereocenters. The average Bonchev–Trinajstić information content (AvgIpc) is 2.79. The zero-order chi connectivity index (χ0) is 7.68. The summed E-state index contributed by atoms with van der Waals surface area (Å²) >= 11 is 2.45. The van der Waals surface area contributed by atoms with Crippen molar-refractivity contribution in [3.05, 3.63) is 0 Å². The van der Waals surface area contributed by atoms with E-state index in [1.807, 2.05) is 0 Å². The largest absolute Gasteiger partial charge is 0.375 e. The van der Waals surface area contributed by atoms with Crippen molar-refractivity contribution in [1.82, 2.24) is 4.90 Å². The second kappa shape index (κ2) is 3.58. The molecule has 0 aromatic carbocycles. The minimum Gasteiger partial charge on any atom is -0.375 e. The molecule has 0 radical (unpaired) electrons. The molecular formula is C8H14INO. The first-order valence-electron chi connectivity index (χ1n) is 4.33. The van der Waals surface area contributed by atoms with Crippen LogP contribution in [-0.2, 0) is 4.74 Å². The summed E-state index contributed by atoms with van der Waals surface area (Å²) < 4.78 is 6.80. The number of alkyl halides is 1. The third-order valence-electron chi connectivity index (χ3n) is 2.46. The van der Waals surface area contributed by atoms with Crippen LogP contribution in [0.3, 0.4) is 0 Å². The van der Waals surface area contributed by atoms with Crippen molar-refractivity contribution in [3.63, 3.8) is 0 Å². The molecule has 2 atom stereocenters. The van der Waals surface area contributed by atoms with E-state index in [4.69, 9.17) is 4.74 Å². The van der Waals surface area contributed by atoms with Crippen molar-refractivity contribution in [2.24, 2.45) is 0 Å². The first-order chi connectivity index (χ1) is 5.42. The molecule has 0 aromatic rings. The highest BCUT2D eigenvalue weighted by atomic mass is 127. The van der Waals surface area contributed by atoms with E-state index in [0.717, 1.165) is 19.2 Å². The lowest BCUT2D eigenvalue weighted by Crippen LogP contribution is -2.37. The molecule has 2 fully saturated rings. The molecule has 1 aliphatic carbocycles. The quantitative estimate of drug-likeness (QED) is 0.564. The molecule has 64 valence electrons. The molecule has 11 heavy (non-hydrogen) atoms. The average molecular weight is 267 g/mol. The van der Waals surface area contributed by atoms with Crippen LogP contribution in [0.1, 0.15) is 12.8 Å². The van der Waals surface area contributed by atoms with Gasteiger partial charge in [0.05, 0.1) is 12.7 Å². The number of hydrogen-bond donors (Lipinski definition) is 0. The molecule has 0 amide bonds. The first-order valence-corrected chi connectivity index (χ1v) is 5.86. The number of rotatable bonds is 3. The van der Waals surface area contributed by atoms with Gasteiger partial charge in [-0.25, -0.2) is 0 Å². The van der Waals surface area contributed by atoms with Gasteiger partial charge in [0, 0.05) is 17.0 Å². The van der Waals surface area contributed by atoms with Crippen LogP contribution in [0.15, 0.2) is 0 Å². The third-order valence-corrected chi connectivity index (χ3v) is 3.22. The fourth-order valence-electron chi connectivity index (χ4n) is 1.75. The standard InChI is InChI=1S/C8H14INO/c9-2-1-3-10-4-5-11-8-6-7(8)10/h7-8H,1-6H2. The van der Waals surface area contributed by atoms with E-state index < -0.39 is 0 Å². The second-order valence-electron chi connectivity index (χ2n) is 3.29. The van der Waals surface area contributed by atoms with Crippen LogP contribution in [-0.4, -0.2) is 41.2 Å². The lowest BCUT2D eigenvalue weighted by molar-refractivity contribution is 0.0315. The first kappa shape index (κ1) is 8.26. The van der Waals surface area contributed by atoms with Crippen LogP contribution >= 0.6 is 22.6 Å². The molecule has 0 spiro atoms. The van der Waals surface area contributed by atoms with Crippen molar-refractivity contribution in [2.75, 3.05) is 24.1 Å². The number of ether oxygens (including phenoxy) is 1. The fraction of sp³-hybridized carbons (Fsp3) is 1.00. The van der Waals surface area contributed by atoms with E-state index in [1.165, 1.54) is 23.8 Å². The second-order valence-corrected chi connectivity index (χ2v) is 4.37. The number of nitrogens with zero attached hydrogens (tertiary/aromatic N) is 1. The van der Waals surface area contributed by atoms with Gasteiger partial charge in [0.15, 0.2) is 0 Å². The molecule has 1 saturated heterocycles. The Morgan fingerprint density at radius 1 is 1.55 bits per heavy atom. The summed E-state index contributed by atoms with van der Waals surface area (Å²) in [6, 6.07) is 0.798. The Labute approximate surface area is 81.4 Å². The Hall–Kier alpha value is 0.650. The number of halogens is 1. The normalized spacial score (nSPS) is 36.8. The van der Waals surface area contributed by atoms with E-state index in [1.54, 1.807) is 0 Å². The van der Waals surface area contributed by atoms with Gasteiger partial charge in [0.1, 0.15) is 0 Å². The highest BCUT2D eigenvalue weighted by Gasteiger charge is 2.45. The Balaban J connectivity index is 1.75. The number of hydrogen-bond acceptors (Lipinski definition) is 2. The monoisotopic (exact) mass is 267 g/mol. The summed E-state index contributed by atoms with van der Waals surface area (Å²) in [5.41, 5.74) is 0. The van der Waals surface area contributed by atoms with Crippen LogP contribution in [0.4, 0.5) is 0 Å². The van der Waals surface area contributed by atoms with E-state index in [0.29, 0.717) is 6.10 Å². The van der Waals surface area contributed by atoms with Gasteiger partial charge in [-0.3, -0.25) is 4.90 Å². The van der Waals surface area contributed by atoms with Crippen molar-refractivity contribution >= 4 is 22.6 Å². The predicted molar refractivity (Wildman–Crippen MR) is 53.2 cm³/mol. The molecule has 2 nitrogen and oxygen atoms in total. The summed E-state index contributed by atoms with van der Waals surface area (Å²) in [7, 11) is 0. The van der Waals surface area contributed by atoms with Crippen molar-refractivity contribution in [2.45, 2.75) is 25.0 Å². The minimum absolute atomic E-state index is 0.609. The maximum atomic E-state index is 5.52. The Morgan fingerprint density at radius 2 is 2.45 bits per heavy atom. The molecule has 2 aliphatic rings. The van der Waals surface area contributed by atoms with Gasteiger partial charge in [-0.05, 0) is 19.4 Å².